The number of phenols is 1. The van der Waals surface area contributed by atoms with E-state index in [4.69, 9.17) is 11.5 Å². The number of carbonyl (C=O) groups is 8. The number of rotatable bonds is 28. The smallest absolute Gasteiger partial charge is 0.326 e. The minimum atomic E-state index is -1.36. The van der Waals surface area contributed by atoms with E-state index in [1.165, 1.54) is 41.3 Å². The second-order valence-corrected chi connectivity index (χ2v) is 20.4. The molecule has 0 radical (unpaired) electrons. The Morgan fingerprint density at radius 3 is 1.97 bits per heavy atom. The molecule has 9 atom stereocenters. The number of carboxylic acid groups (broad SMARTS) is 1. The SMILES string of the molecule is CC[C@H](C)[C@H](NC(=O)[C@@H]1N(C(=O)[C@H](Cc2cnc[nH]2)NC(=O)[C@@H](NC(=O)[C@H](Cc2ccc(O)cc2)NC(=O)[C@@H](NC(=O)[C@H](CCCN=C(N)N)NC(=O)CNC)C(C)C)[C@@H](C)CC)CSC1(C)C)C(=O)O. The molecule has 1 saturated heterocycles. The van der Waals surface area contributed by atoms with Crippen LogP contribution in [0.1, 0.15) is 92.3 Å². The highest BCUT2D eigenvalue weighted by Crippen LogP contribution is 2.40. The topological polar surface area (TPSA) is 358 Å². The van der Waals surface area contributed by atoms with Crippen molar-refractivity contribution in [1.82, 2.24) is 52.1 Å². The van der Waals surface area contributed by atoms with E-state index < -0.39 is 112 Å². The van der Waals surface area contributed by atoms with Gasteiger partial charge in [-0.05, 0) is 69.2 Å². The molecule has 2 heterocycles. The standard InChI is InChI=1S/C47H75N13O10S/c1-10-26(5)36(42(66)56-33(20-29-21-51-23-53-29)44(68)60-24-71-47(7,8)38(60)43(67)59-37(45(69)70)27(6)11-2)58-40(64)32(19-28-14-16-30(61)17-15-28)55-41(65)35(25(3)4)57-39(63)31(54-34(62)22-50-9)13-12-18-52-46(48)49/h14-17,21,23,25-27,31-33,35-38,50,61H,10-13,18-20,22,24H2,1-9H3,(H,51,53)(H,54,62)(H,55,65)(H,56,66)(H,57,63)(H,58,64)(H,59,67)(H,69,70)(H4,48,49,52)/t26-,27-,31-,32-,33-,35-,36-,37-,38-/m0/s1. The predicted octanol–water partition coefficient (Wildman–Crippen LogP) is -0.405. The first-order chi connectivity index (χ1) is 33.4. The summed E-state index contributed by atoms with van der Waals surface area (Å²) in [5.74, 6) is -7.51. The summed E-state index contributed by atoms with van der Waals surface area (Å²) < 4.78 is -0.859. The molecule has 24 heteroatoms. The zero-order valence-electron chi connectivity index (χ0n) is 42.2. The van der Waals surface area contributed by atoms with Gasteiger partial charge in [0.15, 0.2) is 5.96 Å². The Morgan fingerprint density at radius 1 is 0.817 bits per heavy atom. The Bertz CT molecular complexity index is 2150. The van der Waals surface area contributed by atoms with Crippen LogP contribution in [0.2, 0.25) is 0 Å². The lowest BCUT2D eigenvalue weighted by molar-refractivity contribution is -0.146. The molecule has 7 amide bonds. The van der Waals surface area contributed by atoms with Gasteiger partial charge in [-0.15, -0.1) is 11.8 Å². The largest absolute Gasteiger partial charge is 0.508 e. The van der Waals surface area contributed by atoms with Gasteiger partial charge in [0.05, 0.1) is 18.7 Å². The number of phenolic OH excluding ortho intramolecular Hbond substituents is 1. The lowest BCUT2D eigenvalue weighted by Gasteiger charge is -2.34. The first-order valence-corrected chi connectivity index (χ1v) is 24.9. The summed E-state index contributed by atoms with van der Waals surface area (Å²) in [4.78, 5) is 123. The van der Waals surface area contributed by atoms with Gasteiger partial charge >= 0.3 is 5.97 Å². The normalized spacial score (nSPS) is 17.5. The number of likely N-dealkylation sites (N-methyl/N-ethyl adjacent to an activating group) is 1. The summed E-state index contributed by atoms with van der Waals surface area (Å²) >= 11 is 1.32. The van der Waals surface area contributed by atoms with Gasteiger partial charge in [0, 0.05) is 36.0 Å². The van der Waals surface area contributed by atoms with Crippen molar-refractivity contribution in [3.63, 3.8) is 0 Å². The number of thioether (sulfide) groups is 1. The fourth-order valence-corrected chi connectivity index (χ4v) is 9.01. The van der Waals surface area contributed by atoms with Crippen molar-refractivity contribution < 1.29 is 48.6 Å². The zero-order chi connectivity index (χ0) is 53.2. The minimum absolute atomic E-state index is 0.0395. The fraction of sp³-hybridized carbons (Fsp3) is 0.617. The van der Waals surface area contributed by atoms with Gasteiger partial charge in [0.1, 0.15) is 48.0 Å². The number of nitrogens with one attached hydrogen (secondary N) is 8. The van der Waals surface area contributed by atoms with Gasteiger partial charge < -0.3 is 68.8 Å². The highest BCUT2D eigenvalue weighted by atomic mass is 32.2. The van der Waals surface area contributed by atoms with Crippen molar-refractivity contribution in [1.29, 1.82) is 0 Å². The van der Waals surface area contributed by atoms with Crippen LogP contribution in [0.3, 0.4) is 0 Å². The van der Waals surface area contributed by atoms with Gasteiger partial charge in [-0.2, -0.15) is 0 Å². The molecule has 1 fully saturated rings. The molecule has 1 aliphatic rings. The zero-order valence-corrected chi connectivity index (χ0v) is 43.0. The number of aromatic amines is 1. The number of aliphatic imine (C=N–C) groups is 1. The van der Waals surface area contributed by atoms with Crippen molar-refractivity contribution in [3.05, 3.63) is 48.0 Å². The van der Waals surface area contributed by atoms with Crippen LogP contribution in [-0.4, -0.2) is 151 Å². The van der Waals surface area contributed by atoms with Crippen LogP contribution in [0.25, 0.3) is 0 Å². The third-order valence-corrected chi connectivity index (χ3v) is 13.8. The minimum Gasteiger partial charge on any atom is -0.508 e. The van der Waals surface area contributed by atoms with Gasteiger partial charge in [-0.3, -0.25) is 38.6 Å². The monoisotopic (exact) mass is 1010 g/mol. The quantitative estimate of drug-likeness (QED) is 0.0293. The van der Waals surface area contributed by atoms with E-state index in [2.05, 4.69) is 52.2 Å². The number of guanidine groups is 1. The van der Waals surface area contributed by atoms with Crippen molar-refractivity contribution in [2.75, 3.05) is 26.0 Å². The Morgan fingerprint density at radius 2 is 1.41 bits per heavy atom. The number of imidazole rings is 1. The molecule has 0 bridgehead atoms. The molecule has 71 heavy (non-hydrogen) atoms. The van der Waals surface area contributed by atoms with Crippen LogP contribution in [-0.2, 0) is 51.2 Å². The average Bonchev–Trinajstić information content (AvgIpc) is 3.95. The van der Waals surface area contributed by atoms with E-state index in [0.717, 1.165) is 0 Å². The van der Waals surface area contributed by atoms with E-state index in [1.807, 2.05) is 13.8 Å². The molecule has 2 aromatic rings. The van der Waals surface area contributed by atoms with Crippen LogP contribution in [0.15, 0.2) is 41.8 Å². The van der Waals surface area contributed by atoms with Gasteiger partial charge in [-0.25, -0.2) is 9.78 Å². The second-order valence-electron chi connectivity index (χ2n) is 18.8. The molecule has 0 spiro atoms. The van der Waals surface area contributed by atoms with E-state index in [1.54, 1.807) is 60.7 Å². The van der Waals surface area contributed by atoms with Crippen LogP contribution in [0.5, 0.6) is 5.75 Å². The summed E-state index contributed by atoms with van der Waals surface area (Å²) in [6.45, 7) is 14.1. The molecule has 1 aromatic heterocycles. The van der Waals surface area contributed by atoms with Crippen LogP contribution in [0.4, 0.5) is 0 Å². The number of aliphatic carboxylic acids is 1. The Hall–Kier alpha value is -6.43. The van der Waals surface area contributed by atoms with Crippen LogP contribution in [0, 0.1) is 17.8 Å². The second kappa shape index (κ2) is 27.8. The molecule has 0 aliphatic carbocycles. The number of aromatic hydroxyl groups is 1. The van der Waals surface area contributed by atoms with Gasteiger partial charge in [0.2, 0.25) is 41.4 Å². The Labute approximate surface area is 419 Å². The van der Waals surface area contributed by atoms with Crippen molar-refractivity contribution in [2.24, 2.45) is 34.2 Å². The molecule has 0 saturated carbocycles. The molecule has 3 rings (SSSR count). The first kappa shape index (κ1) is 58.9. The molecule has 1 aromatic carbocycles. The predicted molar refractivity (Wildman–Crippen MR) is 268 cm³/mol. The molecular weight excluding hydrogens is 939 g/mol. The van der Waals surface area contributed by atoms with E-state index >= 15 is 0 Å². The highest BCUT2D eigenvalue weighted by molar-refractivity contribution is 8.00. The third kappa shape index (κ3) is 17.7. The number of nitrogens with two attached hydrogens (primary N) is 2. The number of carboxylic acids is 1. The maximum absolute atomic E-state index is 14.7. The number of carbonyl (C=O) groups excluding carboxylic acids is 7. The number of hydrogen-bond donors (Lipinski definition) is 12. The molecule has 14 N–H and O–H groups in total. The lowest BCUT2D eigenvalue weighted by atomic mass is 9.95. The van der Waals surface area contributed by atoms with E-state index in [-0.39, 0.29) is 49.9 Å². The van der Waals surface area contributed by atoms with Crippen molar-refractivity contribution >= 4 is 65.0 Å². The van der Waals surface area contributed by atoms with Gasteiger partial charge in [-0.1, -0.05) is 66.5 Å². The molecular formula is C47H75N13O10S. The average molecular weight is 1010 g/mol. The summed E-state index contributed by atoms with van der Waals surface area (Å²) in [5, 5.41) is 39.1. The Balaban J connectivity index is 1.96. The van der Waals surface area contributed by atoms with Crippen LogP contribution >= 0.6 is 11.8 Å². The van der Waals surface area contributed by atoms with E-state index in [0.29, 0.717) is 30.5 Å². The maximum atomic E-state index is 14.7. The highest BCUT2D eigenvalue weighted by Gasteiger charge is 2.50. The maximum Gasteiger partial charge on any atom is 0.326 e. The number of amides is 7. The lowest BCUT2D eigenvalue weighted by Crippen LogP contribution is -2.62. The summed E-state index contributed by atoms with van der Waals surface area (Å²) in [6.07, 6.45) is 3.97. The fourth-order valence-electron chi connectivity index (χ4n) is 7.87. The van der Waals surface area contributed by atoms with E-state index in [9.17, 15) is 48.6 Å². The molecule has 394 valence electrons. The summed E-state index contributed by atoms with van der Waals surface area (Å²) in [6, 6.07) is -2.62. The molecule has 23 nitrogen and oxygen atoms in total. The number of aromatic nitrogens is 2. The number of nitrogens with zero attached hydrogens (tertiary/aromatic N) is 3. The number of hydrogen-bond acceptors (Lipinski definition) is 13. The summed E-state index contributed by atoms with van der Waals surface area (Å²) in [7, 11) is 1.57. The number of H-pyrrole nitrogens is 1. The van der Waals surface area contributed by atoms with Crippen molar-refractivity contribution in [2.45, 2.75) is 141 Å². The first-order valence-electron chi connectivity index (χ1n) is 23.9. The van der Waals surface area contributed by atoms with Crippen LogP contribution < -0.4 is 48.7 Å². The molecule has 0 unspecified atom stereocenters. The molecule has 1 aliphatic heterocycles. The third-order valence-electron chi connectivity index (χ3n) is 12.4. The Kier molecular flexibility index (Phi) is 23.1. The van der Waals surface area contributed by atoms with Crippen molar-refractivity contribution in [3.8, 4) is 5.75 Å². The number of benzene rings is 1. The van der Waals surface area contributed by atoms with Gasteiger partial charge in [0.25, 0.3) is 0 Å². The summed E-state index contributed by atoms with van der Waals surface area (Å²) in [5.41, 5.74) is 11.9.